The van der Waals surface area contributed by atoms with Gasteiger partial charge in [0.05, 0.1) is 4.47 Å². The Kier molecular flexibility index (Phi) is 4.51. The fourth-order valence-electron chi connectivity index (χ4n) is 2.43. The summed E-state index contributed by atoms with van der Waals surface area (Å²) < 4.78 is 25.1. The first-order chi connectivity index (χ1) is 11.0. The summed E-state index contributed by atoms with van der Waals surface area (Å²) in [5.74, 6) is -0.454. The summed E-state index contributed by atoms with van der Waals surface area (Å²) in [6.45, 7) is 1.33. The van der Waals surface area contributed by atoms with E-state index in [-0.39, 0.29) is 17.6 Å². The van der Waals surface area contributed by atoms with E-state index in [9.17, 15) is 9.18 Å². The monoisotopic (exact) mass is 383 g/mol. The third-order valence-corrected chi connectivity index (χ3v) is 4.30. The predicted molar refractivity (Wildman–Crippen MR) is 85.0 cm³/mol. The lowest BCUT2D eigenvalue weighted by Gasteiger charge is -2.31. The van der Waals surface area contributed by atoms with Gasteiger partial charge in [0.2, 0.25) is 0 Å². The van der Waals surface area contributed by atoms with E-state index in [4.69, 9.17) is 14.9 Å². The van der Waals surface area contributed by atoms with Crippen molar-refractivity contribution in [2.24, 2.45) is 5.73 Å². The molecule has 0 bridgehead atoms. The molecule has 6 nitrogen and oxygen atoms in total. The normalized spacial score (nSPS) is 15.7. The molecular formula is C15H15BrFN3O3. The Balaban J connectivity index is 1.59. The van der Waals surface area contributed by atoms with Crippen LogP contribution >= 0.6 is 15.9 Å². The molecule has 3 rings (SSSR count). The fraction of sp³-hybridized carbons (Fsp3) is 0.333. The van der Waals surface area contributed by atoms with Crippen LogP contribution in [-0.4, -0.2) is 30.1 Å². The number of aromatic nitrogens is 1. The van der Waals surface area contributed by atoms with Crippen molar-refractivity contribution in [1.82, 2.24) is 4.98 Å². The van der Waals surface area contributed by atoms with Gasteiger partial charge >= 0.3 is 0 Å². The molecule has 0 atom stereocenters. The largest absolute Gasteiger partial charge is 0.489 e. The summed E-state index contributed by atoms with van der Waals surface area (Å²) in [6.07, 6.45) is 2.70. The Bertz CT molecular complexity index is 714. The first-order valence-electron chi connectivity index (χ1n) is 7.15. The Morgan fingerprint density at radius 2 is 2.17 bits per heavy atom. The van der Waals surface area contributed by atoms with E-state index in [1.54, 1.807) is 6.07 Å². The predicted octanol–water partition coefficient (Wildman–Crippen LogP) is 2.72. The number of nitrogens with two attached hydrogens (primary N) is 1. The highest BCUT2D eigenvalue weighted by Crippen LogP contribution is 2.29. The van der Waals surface area contributed by atoms with E-state index in [0.717, 1.165) is 17.3 Å². The molecule has 1 saturated heterocycles. The SMILES string of the molecule is NC(=O)c1coc(N2CCC(Oc3cc(F)ccc3Br)CC2)n1. The van der Waals surface area contributed by atoms with Gasteiger partial charge in [0.15, 0.2) is 5.69 Å². The van der Waals surface area contributed by atoms with Crippen molar-refractivity contribution in [3.05, 3.63) is 40.4 Å². The quantitative estimate of drug-likeness (QED) is 0.877. The number of piperidine rings is 1. The first-order valence-corrected chi connectivity index (χ1v) is 7.94. The average molecular weight is 384 g/mol. The molecule has 1 aliphatic heterocycles. The summed E-state index contributed by atoms with van der Waals surface area (Å²) in [5.41, 5.74) is 5.27. The second-order valence-electron chi connectivity index (χ2n) is 5.26. The van der Waals surface area contributed by atoms with Gasteiger partial charge in [-0.1, -0.05) is 0 Å². The Morgan fingerprint density at radius 1 is 1.43 bits per heavy atom. The molecular weight excluding hydrogens is 369 g/mol. The number of rotatable bonds is 4. The number of amides is 1. The van der Waals surface area contributed by atoms with Crippen LogP contribution < -0.4 is 15.4 Å². The maximum Gasteiger partial charge on any atom is 0.297 e. The topological polar surface area (TPSA) is 81.6 Å². The van der Waals surface area contributed by atoms with Crippen LogP contribution in [-0.2, 0) is 0 Å². The molecule has 1 fully saturated rings. The minimum atomic E-state index is -0.617. The zero-order valence-corrected chi connectivity index (χ0v) is 13.8. The lowest BCUT2D eigenvalue weighted by atomic mass is 10.1. The van der Waals surface area contributed by atoms with Crippen molar-refractivity contribution >= 4 is 27.9 Å². The van der Waals surface area contributed by atoms with Gasteiger partial charge in [0.1, 0.15) is 23.9 Å². The van der Waals surface area contributed by atoms with Crippen molar-refractivity contribution in [2.75, 3.05) is 18.0 Å². The molecule has 23 heavy (non-hydrogen) atoms. The number of hydrogen-bond donors (Lipinski definition) is 1. The number of benzene rings is 1. The number of nitrogens with zero attached hydrogens (tertiary/aromatic N) is 2. The van der Waals surface area contributed by atoms with Crippen molar-refractivity contribution in [3.8, 4) is 5.75 Å². The number of halogens is 2. The smallest absolute Gasteiger partial charge is 0.297 e. The lowest BCUT2D eigenvalue weighted by molar-refractivity contribution is 0.0995. The molecule has 2 aromatic rings. The molecule has 122 valence electrons. The van der Waals surface area contributed by atoms with E-state index in [1.165, 1.54) is 18.4 Å². The summed E-state index contributed by atoms with van der Waals surface area (Å²) in [5, 5.41) is 0. The molecule has 8 heteroatoms. The number of carbonyl (C=O) groups is 1. The second-order valence-corrected chi connectivity index (χ2v) is 6.11. The number of anilines is 1. The zero-order chi connectivity index (χ0) is 16.4. The molecule has 1 aliphatic rings. The van der Waals surface area contributed by atoms with Gasteiger partial charge in [-0.15, -0.1) is 0 Å². The highest BCUT2D eigenvalue weighted by atomic mass is 79.9. The Hall–Kier alpha value is -2.09. The molecule has 0 spiro atoms. The third kappa shape index (κ3) is 3.64. The van der Waals surface area contributed by atoms with Gasteiger partial charge in [-0.3, -0.25) is 4.79 Å². The number of oxazole rings is 1. The summed E-state index contributed by atoms with van der Waals surface area (Å²) >= 11 is 3.35. The maximum atomic E-state index is 13.3. The van der Waals surface area contributed by atoms with E-state index < -0.39 is 5.91 Å². The number of ether oxygens (including phenoxy) is 1. The van der Waals surface area contributed by atoms with Crippen molar-refractivity contribution in [2.45, 2.75) is 18.9 Å². The van der Waals surface area contributed by atoms with Crippen molar-refractivity contribution in [3.63, 3.8) is 0 Å². The van der Waals surface area contributed by atoms with Crippen LogP contribution in [0.5, 0.6) is 5.75 Å². The van der Waals surface area contributed by atoms with Crippen LogP contribution in [0.4, 0.5) is 10.4 Å². The zero-order valence-electron chi connectivity index (χ0n) is 12.2. The van der Waals surface area contributed by atoms with Gasteiger partial charge in [-0.2, -0.15) is 4.98 Å². The molecule has 0 unspecified atom stereocenters. The number of hydrogen-bond acceptors (Lipinski definition) is 5. The first kappa shape index (κ1) is 15.8. The molecule has 0 radical (unpaired) electrons. The highest BCUT2D eigenvalue weighted by molar-refractivity contribution is 9.10. The molecule has 2 N–H and O–H groups in total. The molecule has 1 amide bonds. The molecule has 2 heterocycles. The van der Waals surface area contributed by atoms with Crippen molar-refractivity contribution in [1.29, 1.82) is 0 Å². The van der Waals surface area contributed by atoms with Crippen LogP contribution in [0.1, 0.15) is 23.3 Å². The summed E-state index contributed by atoms with van der Waals surface area (Å²) in [4.78, 5) is 17.0. The van der Waals surface area contributed by atoms with Crippen molar-refractivity contribution < 1.29 is 18.3 Å². The fourth-order valence-corrected chi connectivity index (χ4v) is 2.77. The van der Waals surface area contributed by atoms with E-state index in [2.05, 4.69) is 20.9 Å². The van der Waals surface area contributed by atoms with Gasteiger partial charge in [-0.05, 0) is 28.1 Å². The van der Waals surface area contributed by atoms with Gasteiger partial charge in [0, 0.05) is 32.0 Å². The van der Waals surface area contributed by atoms with Gasteiger partial charge < -0.3 is 19.8 Å². The van der Waals surface area contributed by atoms with E-state index >= 15 is 0 Å². The average Bonchev–Trinajstić information content (AvgIpc) is 3.02. The van der Waals surface area contributed by atoms with Crippen LogP contribution in [0.25, 0.3) is 0 Å². The van der Waals surface area contributed by atoms with E-state index in [0.29, 0.717) is 24.9 Å². The Labute approximate surface area is 140 Å². The van der Waals surface area contributed by atoms with Crippen LogP contribution in [0.15, 0.2) is 33.4 Å². The molecule has 1 aromatic carbocycles. The van der Waals surface area contributed by atoms with Gasteiger partial charge in [-0.25, -0.2) is 4.39 Å². The Morgan fingerprint density at radius 3 is 2.83 bits per heavy atom. The highest BCUT2D eigenvalue weighted by Gasteiger charge is 2.24. The molecule has 0 saturated carbocycles. The molecule has 1 aromatic heterocycles. The van der Waals surface area contributed by atoms with Crippen LogP contribution in [0.2, 0.25) is 0 Å². The summed E-state index contributed by atoms with van der Waals surface area (Å²) in [6, 6.07) is 4.74. The van der Waals surface area contributed by atoms with E-state index in [1.807, 2.05) is 4.90 Å². The second kappa shape index (κ2) is 6.57. The van der Waals surface area contributed by atoms with Crippen LogP contribution in [0, 0.1) is 5.82 Å². The standard InChI is InChI=1S/C15H15BrFN3O3/c16-11-2-1-9(17)7-13(11)23-10-3-5-20(6-4-10)15-19-12(8-22-15)14(18)21/h1-2,7-8,10H,3-6H2,(H2,18,21). The van der Waals surface area contributed by atoms with Crippen LogP contribution in [0.3, 0.4) is 0 Å². The summed E-state index contributed by atoms with van der Waals surface area (Å²) in [7, 11) is 0. The van der Waals surface area contributed by atoms with Gasteiger partial charge in [0.25, 0.3) is 11.9 Å². The molecule has 0 aliphatic carbocycles. The lowest BCUT2D eigenvalue weighted by Crippen LogP contribution is -2.38. The number of primary amides is 1. The minimum absolute atomic E-state index is 0.0186. The minimum Gasteiger partial charge on any atom is -0.489 e. The third-order valence-electron chi connectivity index (χ3n) is 3.64. The number of carbonyl (C=O) groups excluding carboxylic acids is 1. The maximum absolute atomic E-state index is 13.3.